The third-order valence-electron chi connectivity index (χ3n) is 4.56. The number of Topliss-reactive ketones (excluding diaryl/α,β-unsaturated/α-hetero) is 1. The number of nitriles is 1. The first kappa shape index (κ1) is 18.6. The van der Waals surface area contributed by atoms with Crippen LogP contribution in [0.4, 0.5) is 0 Å². The number of carbonyl (C=O) groups excluding carboxylic acids is 2. The third-order valence-corrected chi connectivity index (χ3v) is 5.47. The lowest BCUT2D eigenvalue weighted by Gasteiger charge is -2.24. The summed E-state index contributed by atoms with van der Waals surface area (Å²) in [4.78, 5) is 28.5. The van der Waals surface area contributed by atoms with Gasteiger partial charge in [-0.25, -0.2) is 9.78 Å². The Labute approximate surface area is 147 Å². The first-order valence-corrected chi connectivity index (χ1v) is 9.50. The summed E-state index contributed by atoms with van der Waals surface area (Å²) < 4.78 is 4.90. The second-order valence-corrected chi connectivity index (χ2v) is 7.29. The van der Waals surface area contributed by atoms with Gasteiger partial charge in [-0.3, -0.25) is 4.79 Å². The minimum Gasteiger partial charge on any atom is -0.461 e. The lowest BCUT2D eigenvalue weighted by atomic mass is 9.80. The molecule has 0 N–H and O–H groups in total. The van der Waals surface area contributed by atoms with Crippen molar-refractivity contribution in [3.63, 3.8) is 0 Å². The van der Waals surface area contributed by atoms with Crippen molar-refractivity contribution in [2.75, 3.05) is 6.61 Å². The molecule has 0 bridgehead atoms. The lowest BCUT2D eigenvalue weighted by molar-refractivity contribution is -0.123. The van der Waals surface area contributed by atoms with Crippen LogP contribution in [-0.4, -0.2) is 23.3 Å². The maximum atomic E-state index is 12.7. The standard InChI is InChI=1S/C18H24N2O3S/c1-3-23-18(22)15-11-24-17(20-15)14(10-19)16(21)12(2)9-13-7-5-4-6-8-13/h11-14H,3-9H2,1-2H3. The predicted molar refractivity (Wildman–Crippen MR) is 91.8 cm³/mol. The van der Waals surface area contributed by atoms with Gasteiger partial charge in [-0.15, -0.1) is 11.3 Å². The molecule has 130 valence electrons. The SMILES string of the molecule is CCOC(=O)c1csc(C(C#N)C(=O)C(C)CC2CCCCC2)n1. The fourth-order valence-electron chi connectivity index (χ4n) is 3.28. The fourth-order valence-corrected chi connectivity index (χ4v) is 4.12. The van der Waals surface area contributed by atoms with Crippen molar-refractivity contribution in [1.82, 2.24) is 4.98 Å². The molecule has 1 heterocycles. The second kappa shape index (κ2) is 8.93. The van der Waals surface area contributed by atoms with Crippen molar-refractivity contribution >= 4 is 23.1 Å². The molecular weight excluding hydrogens is 324 g/mol. The van der Waals surface area contributed by atoms with Crippen LogP contribution in [0.2, 0.25) is 0 Å². The Balaban J connectivity index is 2.02. The Morgan fingerprint density at radius 1 is 1.42 bits per heavy atom. The predicted octanol–water partition coefficient (Wildman–Crippen LogP) is 4.10. The summed E-state index contributed by atoms with van der Waals surface area (Å²) in [6, 6.07) is 2.07. The van der Waals surface area contributed by atoms with Gasteiger partial charge in [0, 0.05) is 11.3 Å². The molecule has 0 amide bonds. The monoisotopic (exact) mass is 348 g/mol. The Morgan fingerprint density at radius 2 is 2.12 bits per heavy atom. The van der Waals surface area contributed by atoms with E-state index in [-0.39, 0.29) is 24.0 Å². The maximum Gasteiger partial charge on any atom is 0.357 e. The van der Waals surface area contributed by atoms with Gasteiger partial charge in [0.1, 0.15) is 5.01 Å². The van der Waals surface area contributed by atoms with E-state index in [2.05, 4.69) is 11.1 Å². The van der Waals surface area contributed by atoms with Crippen LogP contribution in [0.25, 0.3) is 0 Å². The maximum absolute atomic E-state index is 12.7. The molecule has 1 aliphatic carbocycles. The highest BCUT2D eigenvalue weighted by Gasteiger charge is 2.30. The minimum atomic E-state index is -0.892. The lowest BCUT2D eigenvalue weighted by Crippen LogP contribution is -2.22. The molecule has 1 fully saturated rings. The number of hydrogen-bond acceptors (Lipinski definition) is 6. The van der Waals surface area contributed by atoms with Crippen molar-refractivity contribution in [3.05, 3.63) is 16.1 Å². The van der Waals surface area contributed by atoms with Crippen LogP contribution < -0.4 is 0 Å². The van der Waals surface area contributed by atoms with Gasteiger partial charge >= 0.3 is 5.97 Å². The smallest absolute Gasteiger partial charge is 0.357 e. The molecule has 0 saturated heterocycles. The zero-order valence-corrected chi connectivity index (χ0v) is 15.1. The molecule has 0 aliphatic heterocycles. The quantitative estimate of drug-likeness (QED) is 0.693. The van der Waals surface area contributed by atoms with Crippen LogP contribution in [0, 0.1) is 23.2 Å². The molecule has 1 aromatic heterocycles. The zero-order chi connectivity index (χ0) is 17.5. The van der Waals surface area contributed by atoms with Gasteiger partial charge in [0.25, 0.3) is 0 Å². The first-order chi connectivity index (χ1) is 11.6. The van der Waals surface area contributed by atoms with E-state index in [1.54, 1.807) is 12.3 Å². The average Bonchev–Trinajstić information content (AvgIpc) is 3.06. The second-order valence-electron chi connectivity index (χ2n) is 6.40. The van der Waals surface area contributed by atoms with Crippen LogP contribution in [0.5, 0.6) is 0 Å². The first-order valence-electron chi connectivity index (χ1n) is 8.62. The summed E-state index contributed by atoms with van der Waals surface area (Å²) in [6.45, 7) is 3.89. The van der Waals surface area contributed by atoms with Gasteiger partial charge < -0.3 is 4.74 Å². The highest BCUT2D eigenvalue weighted by atomic mass is 32.1. The number of thiazole rings is 1. The summed E-state index contributed by atoms with van der Waals surface area (Å²) in [5.74, 6) is -1.07. The normalized spacial score (nSPS) is 17.7. The molecule has 1 aromatic rings. The summed E-state index contributed by atoms with van der Waals surface area (Å²) in [5.41, 5.74) is 0.171. The summed E-state index contributed by atoms with van der Waals surface area (Å²) in [6.07, 6.45) is 6.96. The molecule has 0 radical (unpaired) electrons. The van der Waals surface area contributed by atoms with Gasteiger partial charge in [0.05, 0.1) is 12.7 Å². The number of nitrogens with zero attached hydrogens (tertiary/aromatic N) is 2. The summed E-state index contributed by atoms with van der Waals surface area (Å²) in [5, 5.41) is 11.4. The number of aromatic nitrogens is 1. The number of hydrogen-bond donors (Lipinski definition) is 0. The van der Waals surface area contributed by atoms with E-state index in [9.17, 15) is 14.9 Å². The van der Waals surface area contributed by atoms with Crippen LogP contribution in [0.15, 0.2) is 5.38 Å². The molecule has 5 nitrogen and oxygen atoms in total. The van der Waals surface area contributed by atoms with Crippen LogP contribution in [0.1, 0.15) is 73.8 Å². The van der Waals surface area contributed by atoms with Gasteiger partial charge in [-0.1, -0.05) is 39.0 Å². The average molecular weight is 348 g/mol. The topological polar surface area (TPSA) is 80.0 Å². The molecule has 1 saturated carbocycles. The van der Waals surface area contributed by atoms with E-state index < -0.39 is 11.9 Å². The molecule has 24 heavy (non-hydrogen) atoms. The van der Waals surface area contributed by atoms with Crippen LogP contribution >= 0.6 is 11.3 Å². The Bertz CT molecular complexity index is 614. The molecule has 0 spiro atoms. The van der Waals surface area contributed by atoms with Crippen molar-refractivity contribution in [1.29, 1.82) is 5.26 Å². The largest absolute Gasteiger partial charge is 0.461 e. The Morgan fingerprint density at radius 3 is 2.75 bits per heavy atom. The number of rotatable bonds is 7. The van der Waals surface area contributed by atoms with Gasteiger partial charge in [0.2, 0.25) is 0 Å². The van der Waals surface area contributed by atoms with E-state index in [4.69, 9.17) is 4.74 Å². The highest BCUT2D eigenvalue weighted by Crippen LogP contribution is 2.32. The van der Waals surface area contributed by atoms with Crippen molar-refractivity contribution < 1.29 is 14.3 Å². The molecule has 2 atom stereocenters. The molecule has 2 rings (SSSR count). The number of ether oxygens (including phenoxy) is 1. The molecule has 1 aliphatic rings. The van der Waals surface area contributed by atoms with Gasteiger partial charge in [-0.2, -0.15) is 5.26 Å². The Hall–Kier alpha value is -1.74. The van der Waals surface area contributed by atoms with E-state index in [0.717, 1.165) is 6.42 Å². The number of esters is 1. The zero-order valence-electron chi connectivity index (χ0n) is 14.3. The molecule has 2 unspecified atom stereocenters. The van der Waals surface area contributed by atoms with E-state index in [1.807, 2.05) is 6.92 Å². The number of ketones is 1. The van der Waals surface area contributed by atoms with Gasteiger partial charge in [-0.05, 0) is 19.3 Å². The molecular formula is C18H24N2O3S. The summed E-state index contributed by atoms with van der Waals surface area (Å²) in [7, 11) is 0. The van der Waals surface area contributed by atoms with E-state index >= 15 is 0 Å². The van der Waals surface area contributed by atoms with E-state index in [1.165, 1.54) is 43.4 Å². The Kier molecular flexibility index (Phi) is 6.92. The van der Waals surface area contributed by atoms with Crippen molar-refractivity contribution in [3.8, 4) is 6.07 Å². The highest BCUT2D eigenvalue weighted by molar-refractivity contribution is 7.10. The molecule has 6 heteroatoms. The van der Waals surface area contributed by atoms with Crippen molar-refractivity contribution in [2.24, 2.45) is 11.8 Å². The van der Waals surface area contributed by atoms with E-state index in [0.29, 0.717) is 10.9 Å². The number of carbonyl (C=O) groups is 2. The molecule has 0 aromatic carbocycles. The summed E-state index contributed by atoms with van der Waals surface area (Å²) >= 11 is 1.17. The van der Waals surface area contributed by atoms with Crippen LogP contribution in [0.3, 0.4) is 0 Å². The fraction of sp³-hybridized carbons (Fsp3) is 0.667. The van der Waals surface area contributed by atoms with Crippen molar-refractivity contribution in [2.45, 2.75) is 58.3 Å². The van der Waals surface area contributed by atoms with Gasteiger partial charge in [0.15, 0.2) is 17.4 Å². The van der Waals surface area contributed by atoms with Crippen LogP contribution in [-0.2, 0) is 9.53 Å². The third kappa shape index (κ3) is 4.64. The minimum absolute atomic E-state index is 0.0900.